The predicted octanol–water partition coefficient (Wildman–Crippen LogP) is 3.56. The van der Waals surface area contributed by atoms with Gasteiger partial charge in [-0.15, -0.1) is 0 Å². The molecule has 2 amide bonds. The van der Waals surface area contributed by atoms with E-state index < -0.39 is 40.8 Å². The lowest BCUT2D eigenvalue weighted by Crippen LogP contribution is -2.54. The highest BCUT2D eigenvalue weighted by atomic mass is 32.2. The number of aliphatic imine (C=N–C) groups is 1. The highest BCUT2D eigenvalue weighted by Gasteiger charge is 2.51. The first-order valence-corrected chi connectivity index (χ1v) is 13.1. The van der Waals surface area contributed by atoms with Crippen molar-refractivity contribution in [2.24, 2.45) is 10.9 Å². The average molecular weight is 546 g/mol. The van der Waals surface area contributed by atoms with Crippen LogP contribution in [-0.2, 0) is 24.6 Å². The van der Waals surface area contributed by atoms with Gasteiger partial charge in [0.2, 0.25) is 5.91 Å². The van der Waals surface area contributed by atoms with E-state index in [9.17, 15) is 18.8 Å². The molecule has 0 saturated carbocycles. The van der Waals surface area contributed by atoms with Crippen molar-refractivity contribution < 1.29 is 32.6 Å². The molecule has 38 heavy (non-hydrogen) atoms. The summed E-state index contributed by atoms with van der Waals surface area (Å²) in [6.45, 7) is 4.67. The van der Waals surface area contributed by atoms with Crippen LogP contribution >= 0.6 is 11.8 Å². The molecule has 2 N–H and O–H groups in total. The summed E-state index contributed by atoms with van der Waals surface area (Å²) in [5.74, 6) is -2.97. The Labute approximate surface area is 223 Å². The molecule has 1 fully saturated rings. The summed E-state index contributed by atoms with van der Waals surface area (Å²) >= 11 is 1.27. The van der Waals surface area contributed by atoms with Gasteiger partial charge in [-0.3, -0.25) is 14.4 Å². The Hall–Kier alpha value is -3.31. The number of ether oxygens (including phenoxy) is 2. The number of hydrogen-bond acceptors (Lipinski definition) is 7. The van der Waals surface area contributed by atoms with E-state index in [1.165, 1.54) is 17.8 Å². The van der Waals surface area contributed by atoms with Crippen molar-refractivity contribution in [1.82, 2.24) is 10.6 Å². The minimum Gasteiger partial charge on any atom is -0.459 e. The molecule has 1 saturated heterocycles. The van der Waals surface area contributed by atoms with Gasteiger partial charge in [0.1, 0.15) is 35.4 Å². The summed E-state index contributed by atoms with van der Waals surface area (Å²) in [4.78, 5) is 42.2. The molecule has 0 aromatic heterocycles. The number of thioether (sulfide) groups is 1. The van der Waals surface area contributed by atoms with Crippen LogP contribution in [0, 0.1) is 17.6 Å². The van der Waals surface area contributed by atoms with Crippen molar-refractivity contribution >= 4 is 34.7 Å². The molecule has 2 aromatic carbocycles. The first kappa shape index (κ1) is 27.7. The number of nitrogens with zero attached hydrogens (tertiary/aromatic N) is 1. The second-order valence-electron chi connectivity index (χ2n) is 10.1. The topological polar surface area (TPSA) is 106 Å². The van der Waals surface area contributed by atoms with E-state index in [1.54, 1.807) is 51.1 Å². The van der Waals surface area contributed by atoms with Gasteiger partial charge in [-0.05, 0) is 45.4 Å². The Kier molecular flexibility index (Phi) is 8.17. The van der Waals surface area contributed by atoms with Crippen molar-refractivity contribution in [3.8, 4) is 0 Å². The van der Waals surface area contributed by atoms with Crippen LogP contribution in [0.1, 0.15) is 43.1 Å². The van der Waals surface area contributed by atoms with Crippen molar-refractivity contribution in [3.63, 3.8) is 0 Å². The van der Waals surface area contributed by atoms with Gasteiger partial charge >= 0.3 is 5.97 Å². The van der Waals surface area contributed by atoms with E-state index in [2.05, 4.69) is 10.6 Å². The van der Waals surface area contributed by atoms with Crippen molar-refractivity contribution in [3.05, 3.63) is 71.3 Å². The van der Waals surface area contributed by atoms with Crippen LogP contribution in [0.15, 0.2) is 53.5 Å². The Morgan fingerprint density at radius 2 is 1.89 bits per heavy atom. The van der Waals surface area contributed by atoms with E-state index in [0.29, 0.717) is 11.3 Å². The molecule has 2 aliphatic rings. The van der Waals surface area contributed by atoms with Crippen molar-refractivity contribution in [2.75, 3.05) is 18.9 Å². The Balaban J connectivity index is 1.55. The van der Waals surface area contributed by atoms with Crippen LogP contribution < -0.4 is 10.6 Å². The maximum Gasteiger partial charge on any atom is 0.325 e. The Bertz CT molecular complexity index is 1250. The summed E-state index contributed by atoms with van der Waals surface area (Å²) in [5.41, 5.74) is -1.43. The quantitative estimate of drug-likeness (QED) is 0.557. The predicted molar refractivity (Wildman–Crippen MR) is 139 cm³/mol. The van der Waals surface area contributed by atoms with Crippen molar-refractivity contribution in [2.45, 2.75) is 44.4 Å². The van der Waals surface area contributed by atoms with E-state index in [4.69, 9.17) is 14.5 Å². The van der Waals surface area contributed by atoms with Crippen LogP contribution in [0.5, 0.6) is 0 Å². The van der Waals surface area contributed by atoms with Crippen LogP contribution in [-0.4, -0.2) is 53.6 Å². The lowest BCUT2D eigenvalue weighted by Gasteiger charge is -2.46. The molecule has 0 radical (unpaired) electrons. The second-order valence-corrected chi connectivity index (χ2v) is 11.1. The molecule has 3 atom stereocenters. The summed E-state index contributed by atoms with van der Waals surface area (Å²) in [7, 11) is 0. The van der Waals surface area contributed by atoms with E-state index in [-0.39, 0.29) is 42.1 Å². The zero-order valence-corrected chi connectivity index (χ0v) is 22.1. The van der Waals surface area contributed by atoms with Crippen LogP contribution in [0.25, 0.3) is 0 Å². The SMILES string of the molecule is CC(C)(C)OC(=O)CNC(=O)[C@H]1C[C@H]2CSC(NC(=O)c3ccccc3)=N[C@@]2(c2ccc(F)cc2F)CO1. The van der Waals surface area contributed by atoms with Gasteiger partial charge in [0.05, 0.1) is 6.61 Å². The second kappa shape index (κ2) is 11.2. The standard InChI is InChI=1S/C27H29F2N3O5S/c1-26(2,3)37-22(33)13-30-24(35)21-11-17-14-38-25(31-23(34)16-7-5-4-6-8-16)32-27(17,15-36-21)19-10-9-18(28)12-20(19)29/h4-10,12,17,21H,11,13-15H2,1-3H3,(H,30,35)(H,31,32,34)/t17-,21+,27-/m0/s1. The normalized spacial score (nSPS) is 23.0. The lowest BCUT2D eigenvalue weighted by molar-refractivity contribution is -0.156. The van der Waals surface area contributed by atoms with Crippen LogP contribution in [0.2, 0.25) is 0 Å². The summed E-state index contributed by atoms with van der Waals surface area (Å²) in [5, 5.41) is 5.58. The van der Waals surface area contributed by atoms with Gasteiger partial charge in [-0.2, -0.15) is 0 Å². The number of benzene rings is 2. The average Bonchev–Trinajstić information content (AvgIpc) is 2.86. The summed E-state index contributed by atoms with van der Waals surface area (Å²) in [6.07, 6.45) is -0.733. The fourth-order valence-corrected chi connectivity index (χ4v) is 5.61. The zero-order chi connectivity index (χ0) is 27.5. The monoisotopic (exact) mass is 545 g/mol. The first-order valence-electron chi connectivity index (χ1n) is 12.1. The maximum atomic E-state index is 15.1. The molecule has 0 unspecified atom stereocenters. The largest absolute Gasteiger partial charge is 0.459 e. The molecule has 0 spiro atoms. The molecule has 0 aliphatic carbocycles. The number of amides is 2. The lowest BCUT2D eigenvalue weighted by atomic mass is 9.75. The highest BCUT2D eigenvalue weighted by molar-refractivity contribution is 8.13. The molecule has 2 aromatic rings. The van der Waals surface area contributed by atoms with Gasteiger partial charge in [-0.1, -0.05) is 36.0 Å². The third-order valence-corrected chi connectivity index (χ3v) is 7.21. The Morgan fingerprint density at radius 1 is 1.16 bits per heavy atom. The highest BCUT2D eigenvalue weighted by Crippen LogP contribution is 2.47. The van der Waals surface area contributed by atoms with Gasteiger partial charge < -0.3 is 20.1 Å². The first-order chi connectivity index (χ1) is 18.0. The van der Waals surface area contributed by atoms with Crippen molar-refractivity contribution in [1.29, 1.82) is 0 Å². The molecule has 8 nitrogen and oxygen atoms in total. The number of rotatable bonds is 5. The molecule has 2 aliphatic heterocycles. The summed E-state index contributed by atoms with van der Waals surface area (Å²) < 4.78 is 39.9. The minimum absolute atomic E-state index is 0.114. The van der Waals surface area contributed by atoms with E-state index in [0.717, 1.165) is 12.1 Å². The molecular formula is C27H29F2N3O5S. The smallest absolute Gasteiger partial charge is 0.325 e. The molecule has 2 heterocycles. The van der Waals surface area contributed by atoms with Crippen LogP contribution in [0.4, 0.5) is 8.78 Å². The molecule has 202 valence electrons. The summed E-state index contributed by atoms with van der Waals surface area (Å²) in [6, 6.07) is 11.8. The molecule has 4 rings (SSSR count). The number of fused-ring (bicyclic) bond motifs is 1. The third-order valence-electron chi connectivity index (χ3n) is 6.17. The van der Waals surface area contributed by atoms with E-state index in [1.807, 2.05) is 0 Å². The zero-order valence-electron chi connectivity index (χ0n) is 21.3. The van der Waals surface area contributed by atoms with Gasteiger partial charge in [0, 0.05) is 28.9 Å². The fourth-order valence-electron chi connectivity index (χ4n) is 4.44. The fraction of sp³-hybridized carbons (Fsp3) is 0.407. The number of esters is 1. The third kappa shape index (κ3) is 6.39. The minimum atomic E-state index is -1.29. The number of amidine groups is 1. The number of nitrogens with one attached hydrogen (secondary N) is 2. The number of carbonyl (C=O) groups is 3. The maximum absolute atomic E-state index is 15.1. The number of halogens is 2. The Morgan fingerprint density at radius 3 is 2.58 bits per heavy atom. The number of carbonyl (C=O) groups excluding carboxylic acids is 3. The van der Waals surface area contributed by atoms with Crippen LogP contribution in [0.3, 0.4) is 0 Å². The molecule has 0 bridgehead atoms. The van der Waals surface area contributed by atoms with Gasteiger partial charge in [-0.25, -0.2) is 13.8 Å². The molecular weight excluding hydrogens is 516 g/mol. The number of hydrogen-bond donors (Lipinski definition) is 2. The van der Waals surface area contributed by atoms with E-state index >= 15 is 4.39 Å². The van der Waals surface area contributed by atoms with Gasteiger partial charge in [0.25, 0.3) is 5.91 Å². The van der Waals surface area contributed by atoms with Gasteiger partial charge in [0.15, 0.2) is 5.17 Å². The molecule has 11 heteroatoms.